The lowest BCUT2D eigenvalue weighted by molar-refractivity contribution is 0.101. The number of nitrogens with one attached hydrogen (secondary N) is 1. The van der Waals surface area contributed by atoms with Gasteiger partial charge in [-0.25, -0.2) is 4.98 Å². The molecule has 3 aromatic rings. The normalized spacial score (nSPS) is 10.7. The van der Waals surface area contributed by atoms with Gasteiger partial charge in [0.15, 0.2) is 0 Å². The summed E-state index contributed by atoms with van der Waals surface area (Å²) in [6.07, 6.45) is 1.89. The number of ether oxygens (including phenoxy) is 1. The topological polar surface area (TPSA) is 56.1 Å². The van der Waals surface area contributed by atoms with E-state index in [2.05, 4.69) is 10.3 Å². The molecule has 0 fully saturated rings. The molecule has 3 rings (SSSR count). The molecule has 0 radical (unpaired) electrons. The molecule has 0 aliphatic rings. The molecule has 0 unspecified atom stereocenters. The molecule has 2 heterocycles. The summed E-state index contributed by atoms with van der Waals surface area (Å²) in [5.74, 6) is 0.353. The summed E-state index contributed by atoms with van der Waals surface area (Å²) >= 11 is 7.67. The largest absolute Gasteiger partial charge is 0.495 e. The Hall–Kier alpha value is -2.31. The Morgan fingerprint density at radius 2 is 2.17 bits per heavy atom. The molecule has 7 heteroatoms. The third kappa shape index (κ3) is 3.29. The van der Waals surface area contributed by atoms with Crippen LogP contribution in [-0.2, 0) is 7.05 Å². The summed E-state index contributed by atoms with van der Waals surface area (Å²) in [6, 6.07) is 6.95. The zero-order valence-electron chi connectivity index (χ0n) is 13.5. The van der Waals surface area contributed by atoms with Crippen molar-refractivity contribution in [2.75, 3.05) is 12.4 Å². The van der Waals surface area contributed by atoms with Crippen LogP contribution < -0.4 is 10.1 Å². The summed E-state index contributed by atoms with van der Waals surface area (Å²) < 4.78 is 6.89. The number of benzene rings is 1. The zero-order chi connectivity index (χ0) is 17.3. The maximum absolute atomic E-state index is 12.5. The minimum absolute atomic E-state index is 0.211. The van der Waals surface area contributed by atoms with Crippen LogP contribution in [0.4, 0.5) is 5.69 Å². The Kier molecular flexibility index (Phi) is 4.59. The van der Waals surface area contributed by atoms with E-state index in [9.17, 15) is 4.79 Å². The van der Waals surface area contributed by atoms with E-state index >= 15 is 0 Å². The Bertz CT molecular complexity index is 901. The van der Waals surface area contributed by atoms with E-state index < -0.39 is 0 Å². The molecule has 124 valence electrons. The van der Waals surface area contributed by atoms with Crippen molar-refractivity contribution < 1.29 is 9.53 Å². The lowest BCUT2D eigenvalue weighted by Crippen LogP contribution is -2.15. The van der Waals surface area contributed by atoms with E-state index in [4.69, 9.17) is 16.3 Å². The molecular formula is C17H16ClN3O2S. The number of rotatable bonds is 4. The lowest BCUT2D eigenvalue weighted by Gasteiger charge is -2.08. The number of carbonyl (C=O) groups is 1. The lowest BCUT2D eigenvalue weighted by atomic mass is 10.2. The molecule has 0 aliphatic heterocycles. The first kappa shape index (κ1) is 16.5. The van der Waals surface area contributed by atoms with Crippen LogP contribution in [-0.4, -0.2) is 22.6 Å². The second-order valence-corrected chi connectivity index (χ2v) is 6.75. The first-order chi connectivity index (χ1) is 11.5. The molecule has 5 nitrogen and oxygen atoms in total. The first-order valence-electron chi connectivity index (χ1n) is 7.21. The number of aromatic nitrogens is 2. The van der Waals surface area contributed by atoms with Crippen molar-refractivity contribution >= 4 is 34.5 Å². The molecule has 0 spiro atoms. The maximum Gasteiger partial charge on any atom is 0.272 e. The molecule has 0 aliphatic carbocycles. The van der Waals surface area contributed by atoms with E-state index in [0.29, 0.717) is 22.2 Å². The second kappa shape index (κ2) is 6.67. The van der Waals surface area contributed by atoms with Crippen LogP contribution in [0.15, 0.2) is 35.8 Å². The van der Waals surface area contributed by atoms with Gasteiger partial charge in [-0.05, 0) is 31.2 Å². The fourth-order valence-corrected chi connectivity index (χ4v) is 3.25. The standard InChI is InChI=1S/C17H16ClN3O2S/c1-10-19-14(9-24-10)11-6-15(21(2)8-11)17(22)20-12-4-5-16(23-3)13(18)7-12/h4-9H,1-3H3,(H,20,22). The van der Waals surface area contributed by atoms with Crippen LogP contribution in [0, 0.1) is 6.92 Å². The van der Waals surface area contributed by atoms with E-state index in [1.165, 1.54) is 0 Å². The number of halogens is 1. The van der Waals surface area contributed by atoms with Gasteiger partial charge in [0.05, 0.1) is 22.8 Å². The molecule has 2 aromatic heterocycles. The molecule has 0 saturated heterocycles. The SMILES string of the molecule is COc1ccc(NC(=O)c2cc(-c3csc(C)n3)cn2C)cc1Cl. The summed E-state index contributed by atoms with van der Waals surface area (Å²) in [5, 5.41) is 6.26. The summed E-state index contributed by atoms with van der Waals surface area (Å²) in [6.45, 7) is 1.96. The predicted molar refractivity (Wildman–Crippen MR) is 97.2 cm³/mol. The minimum atomic E-state index is -0.211. The van der Waals surface area contributed by atoms with Crippen LogP contribution in [0.3, 0.4) is 0 Å². The van der Waals surface area contributed by atoms with Crippen molar-refractivity contribution in [2.45, 2.75) is 6.92 Å². The fourth-order valence-electron chi connectivity index (χ4n) is 2.37. The van der Waals surface area contributed by atoms with Gasteiger partial charge in [0.25, 0.3) is 5.91 Å². The summed E-state index contributed by atoms with van der Waals surface area (Å²) in [4.78, 5) is 17.0. The van der Waals surface area contributed by atoms with Crippen LogP contribution >= 0.6 is 22.9 Å². The van der Waals surface area contributed by atoms with Gasteiger partial charge >= 0.3 is 0 Å². The van der Waals surface area contributed by atoms with Crippen molar-refractivity contribution in [3.05, 3.63) is 51.6 Å². The summed E-state index contributed by atoms with van der Waals surface area (Å²) in [7, 11) is 3.38. The van der Waals surface area contributed by atoms with Gasteiger partial charge < -0.3 is 14.6 Å². The number of aryl methyl sites for hydroxylation is 2. The number of carbonyl (C=O) groups excluding carboxylic acids is 1. The first-order valence-corrected chi connectivity index (χ1v) is 8.47. The average Bonchev–Trinajstić information content (AvgIpc) is 3.13. The highest BCUT2D eigenvalue weighted by atomic mass is 35.5. The Labute approximate surface area is 148 Å². The Balaban J connectivity index is 1.83. The van der Waals surface area contributed by atoms with Crippen LogP contribution in [0.5, 0.6) is 5.75 Å². The van der Waals surface area contributed by atoms with Crippen molar-refractivity contribution in [1.29, 1.82) is 0 Å². The summed E-state index contributed by atoms with van der Waals surface area (Å²) in [5.41, 5.74) is 2.94. The molecule has 1 aromatic carbocycles. The quantitative estimate of drug-likeness (QED) is 0.750. The number of hydrogen-bond acceptors (Lipinski definition) is 4. The van der Waals surface area contributed by atoms with Crippen LogP contribution in [0.25, 0.3) is 11.3 Å². The van der Waals surface area contributed by atoms with Gasteiger partial charge in [-0.15, -0.1) is 11.3 Å². The molecule has 1 N–H and O–H groups in total. The average molecular weight is 362 g/mol. The smallest absolute Gasteiger partial charge is 0.272 e. The Morgan fingerprint density at radius 3 is 2.79 bits per heavy atom. The monoisotopic (exact) mass is 361 g/mol. The third-order valence-corrected chi connectivity index (χ3v) is 4.63. The van der Waals surface area contributed by atoms with Gasteiger partial charge in [-0.2, -0.15) is 0 Å². The van der Waals surface area contributed by atoms with Crippen LogP contribution in [0.2, 0.25) is 5.02 Å². The highest BCUT2D eigenvalue weighted by molar-refractivity contribution is 7.09. The van der Waals surface area contributed by atoms with Crippen LogP contribution in [0.1, 0.15) is 15.5 Å². The maximum atomic E-state index is 12.5. The number of nitrogens with zero attached hydrogens (tertiary/aromatic N) is 2. The molecule has 0 bridgehead atoms. The minimum Gasteiger partial charge on any atom is -0.495 e. The predicted octanol–water partition coefficient (Wildman–Crippen LogP) is 4.37. The number of hydrogen-bond donors (Lipinski definition) is 1. The molecular weight excluding hydrogens is 346 g/mol. The van der Waals surface area contributed by atoms with E-state index in [1.54, 1.807) is 41.2 Å². The molecule has 0 saturated carbocycles. The van der Waals surface area contributed by atoms with Gasteiger partial charge in [0.2, 0.25) is 0 Å². The van der Waals surface area contributed by atoms with E-state index in [1.807, 2.05) is 31.6 Å². The zero-order valence-corrected chi connectivity index (χ0v) is 15.0. The van der Waals surface area contributed by atoms with E-state index in [-0.39, 0.29) is 5.91 Å². The van der Waals surface area contributed by atoms with Gasteiger partial charge in [-0.3, -0.25) is 4.79 Å². The number of methoxy groups -OCH3 is 1. The molecule has 1 amide bonds. The van der Waals surface area contributed by atoms with E-state index in [0.717, 1.165) is 16.3 Å². The van der Waals surface area contributed by atoms with Gasteiger partial charge in [-0.1, -0.05) is 11.6 Å². The Morgan fingerprint density at radius 1 is 1.38 bits per heavy atom. The fraction of sp³-hybridized carbons (Fsp3) is 0.176. The van der Waals surface area contributed by atoms with Crippen molar-refractivity contribution in [1.82, 2.24) is 9.55 Å². The van der Waals surface area contributed by atoms with Gasteiger partial charge in [0.1, 0.15) is 11.4 Å². The number of anilines is 1. The van der Waals surface area contributed by atoms with Gasteiger partial charge in [0, 0.05) is 29.9 Å². The highest BCUT2D eigenvalue weighted by Gasteiger charge is 2.15. The number of amides is 1. The third-order valence-electron chi connectivity index (χ3n) is 3.56. The number of thiazole rings is 1. The highest BCUT2D eigenvalue weighted by Crippen LogP contribution is 2.28. The van der Waals surface area contributed by atoms with Crippen molar-refractivity contribution in [2.24, 2.45) is 7.05 Å². The van der Waals surface area contributed by atoms with Crippen molar-refractivity contribution in [3.8, 4) is 17.0 Å². The molecule has 0 atom stereocenters. The molecule has 24 heavy (non-hydrogen) atoms. The second-order valence-electron chi connectivity index (χ2n) is 5.28. The van der Waals surface area contributed by atoms with Crippen molar-refractivity contribution in [3.63, 3.8) is 0 Å².